The molecule has 0 saturated heterocycles. The highest BCUT2D eigenvalue weighted by molar-refractivity contribution is 7.91. The molecule has 1 heterocycles. The number of nitrogens with zero attached hydrogens (tertiary/aromatic N) is 1. The van der Waals surface area contributed by atoms with Crippen molar-refractivity contribution in [2.75, 3.05) is 23.3 Å². The molecule has 1 fully saturated rings. The van der Waals surface area contributed by atoms with Gasteiger partial charge in [-0.15, -0.1) is 0 Å². The minimum atomic E-state index is -3.32. The molecule has 0 aliphatic heterocycles. The third kappa shape index (κ3) is 3.44. The first-order valence-electron chi connectivity index (χ1n) is 7.15. The number of anilines is 2. The fraction of sp³-hybridized carbons (Fsp3) is 0.769. The molecule has 114 valence electrons. The molecule has 1 aromatic heterocycles. The molecule has 0 radical (unpaired) electrons. The maximum absolute atomic E-state index is 12.0. The van der Waals surface area contributed by atoms with Crippen molar-refractivity contribution in [3.05, 3.63) is 0 Å². The number of nitrogens with one attached hydrogen (secondary N) is 1. The number of hydrogen-bond acceptors (Lipinski definition) is 6. The fourth-order valence-electron chi connectivity index (χ4n) is 2.62. The van der Waals surface area contributed by atoms with E-state index in [9.17, 15) is 8.42 Å². The van der Waals surface area contributed by atoms with Crippen molar-refractivity contribution in [1.82, 2.24) is 4.37 Å². The van der Waals surface area contributed by atoms with Crippen LogP contribution in [0.5, 0.6) is 0 Å². The quantitative estimate of drug-likeness (QED) is 0.872. The van der Waals surface area contributed by atoms with Gasteiger partial charge in [-0.25, -0.2) is 8.42 Å². The summed E-state index contributed by atoms with van der Waals surface area (Å²) in [5, 5.41) is 3.86. The van der Waals surface area contributed by atoms with Gasteiger partial charge in [0.15, 0.2) is 15.7 Å². The summed E-state index contributed by atoms with van der Waals surface area (Å²) in [6.07, 6.45) is 4.94. The minimum absolute atomic E-state index is 0.0469. The van der Waals surface area contributed by atoms with E-state index in [0.717, 1.165) is 24.0 Å². The molecule has 7 heteroatoms. The molecule has 3 N–H and O–H groups in total. The normalized spacial score (nSPS) is 23.7. The first-order chi connectivity index (χ1) is 9.44. The van der Waals surface area contributed by atoms with E-state index < -0.39 is 9.84 Å². The van der Waals surface area contributed by atoms with Gasteiger partial charge in [0, 0.05) is 6.54 Å². The van der Waals surface area contributed by atoms with Crippen LogP contribution in [0.15, 0.2) is 4.90 Å². The Labute approximate surface area is 125 Å². The zero-order valence-corrected chi connectivity index (χ0v) is 13.7. The van der Waals surface area contributed by atoms with Crippen LogP contribution in [0.4, 0.5) is 10.8 Å². The van der Waals surface area contributed by atoms with E-state index in [4.69, 9.17) is 5.73 Å². The lowest BCUT2D eigenvalue weighted by molar-refractivity contribution is 0.300. The van der Waals surface area contributed by atoms with Crippen LogP contribution < -0.4 is 11.1 Å². The molecule has 0 atom stereocenters. The Morgan fingerprint density at radius 3 is 2.60 bits per heavy atom. The van der Waals surface area contributed by atoms with E-state index in [1.54, 1.807) is 6.92 Å². The van der Waals surface area contributed by atoms with Crippen LogP contribution in [-0.2, 0) is 9.84 Å². The molecule has 0 amide bonds. The standard InChI is InChI=1S/C13H23N3O2S2/c1-3-20(17,18)11-12(14)16-19-13(11)15-8-10-6-4-9(2)5-7-10/h9-10,15H,3-8H2,1-2H3,(H2,14,16). The Morgan fingerprint density at radius 2 is 2.00 bits per heavy atom. The van der Waals surface area contributed by atoms with Gasteiger partial charge >= 0.3 is 0 Å². The summed E-state index contributed by atoms with van der Waals surface area (Å²) < 4.78 is 28.1. The summed E-state index contributed by atoms with van der Waals surface area (Å²) in [5.41, 5.74) is 5.71. The maximum Gasteiger partial charge on any atom is 0.184 e. The van der Waals surface area contributed by atoms with Gasteiger partial charge < -0.3 is 11.1 Å². The summed E-state index contributed by atoms with van der Waals surface area (Å²) in [6, 6.07) is 0. The van der Waals surface area contributed by atoms with Crippen LogP contribution in [0.2, 0.25) is 0 Å². The van der Waals surface area contributed by atoms with Crippen LogP contribution in [0.3, 0.4) is 0 Å². The van der Waals surface area contributed by atoms with Gasteiger partial charge in [0.1, 0.15) is 9.90 Å². The van der Waals surface area contributed by atoms with Gasteiger partial charge in [-0.2, -0.15) is 4.37 Å². The zero-order valence-electron chi connectivity index (χ0n) is 12.1. The van der Waals surface area contributed by atoms with Crippen LogP contribution >= 0.6 is 11.5 Å². The number of rotatable bonds is 5. The average Bonchev–Trinajstić information content (AvgIpc) is 2.80. The van der Waals surface area contributed by atoms with Crippen LogP contribution in [0.1, 0.15) is 39.5 Å². The number of aromatic nitrogens is 1. The van der Waals surface area contributed by atoms with Gasteiger partial charge in [0.25, 0.3) is 0 Å². The lowest BCUT2D eigenvalue weighted by Crippen LogP contribution is -2.20. The topological polar surface area (TPSA) is 85.1 Å². The van der Waals surface area contributed by atoms with E-state index in [2.05, 4.69) is 16.6 Å². The number of nitrogens with two attached hydrogens (primary N) is 1. The molecule has 0 unspecified atom stereocenters. The highest BCUT2D eigenvalue weighted by Gasteiger charge is 2.25. The molecule has 1 aliphatic carbocycles. The largest absolute Gasteiger partial charge is 0.382 e. The first-order valence-corrected chi connectivity index (χ1v) is 9.58. The number of nitrogen functional groups attached to an aromatic ring is 1. The monoisotopic (exact) mass is 317 g/mol. The van der Waals surface area contributed by atoms with E-state index in [1.807, 2.05) is 0 Å². The third-order valence-electron chi connectivity index (χ3n) is 4.05. The minimum Gasteiger partial charge on any atom is -0.382 e. The Bertz CT molecular complexity index is 546. The van der Waals surface area contributed by atoms with Gasteiger partial charge in [0.05, 0.1) is 5.75 Å². The van der Waals surface area contributed by atoms with Crippen molar-refractivity contribution in [1.29, 1.82) is 0 Å². The smallest absolute Gasteiger partial charge is 0.184 e. The summed E-state index contributed by atoms with van der Waals surface area (Å²) >= 11 is 1.14. The molecule has 1 saturated carbocycles. The molecule has 1 aliphatic rings. The Kier molecular flexibility index (Phi) is 4.90. The van der Waals surface area contributed by atoms with E-state index in [0.29, 0.717) is 10.9 Å². The fourth-order valence-corrected chi connectivity index (χ4v) is 4.80. The predicted octanol–water partition coefficient (Wildman–Crippen LogP) is 2.76. The molecule has 0 aromatic carbocycles. The Hall–Kier alpha value is -0.820. The molecule has 1 aromatic rings. The lowest BCUT2D eigenvalue weighted by atomic mass is 9.83. The van der Waals surface area contributed by atoms with Gasteiger partial charge in [0.2, 0.25) is 0 Å². The molecule has 20 heavy (non-hydrogen) atoms. The second-order valence-electron chi connectivity index (χ2n) is 5.64. The molecule has 5 nitrogen and oxygen atoms in total. The van der Waals surface area contributed by atoms with Crippen LogP contribution in [0.25, 0.3) is 0 Å². The summed E-state index contributed by atoms with van der Waals surface area (Å²) in [4.78, 5) is 0.189. The zero-order chi connectivity index (χ0) is 14.8. The first kappa shape index (κ1) is 15.6. The highest BCUT2D eigenvalue weighted by Crippen LogP contribution is 2.34. The molecule has 2 rings (SSSR count). The SMILES string of the molecule is CCS(=O)(=O)c1c(N)nsc1NCC1CCC(C)CC1. The molecule has 0 spiro atoms. The van der Waals surface area contributed by atoms with E-state index in [1.165, 1.54) is 25.7 Å². The molecule has 0 bridgehead atoms. The number of sulfone groups is 1. The number of hydrogen-bond donors (Lipinski definition) is 2. The van der Waals surface area contributed by atoms with Crippen LogP contribution in [-0.4, -0.2) is 25.1 Å². The Morgan fingerprint density at radius 1 is 1.35 bits per heavy atom. The van der Waals surface area contributed by atoms with Crippen molar-refractivity contribution >= 4 is 32.2 Å². The predicted molar refractivity (Wildman–Crippen MR) is 83.9 cm³/mol. The molecular formula is C13H23N3O2S2. The van der Waals surface area contributed by atoms with Gasteiger partial charge in [-0.3, -0.25) is 0 Å². The van der Waals surface area contributed by atoms with Crippen LogP contribution in [0, 0.1) is 11.8 Å². The Balaban J connectivity index is 2.04. The highest BCUT2D eigenvalue weighted by atomic mass is 32.2. The summed E-state index contributed by atoms with van der Waals surface area (Å²) in [6.45, 7) is 4.72. The summed E-state index contributed by atoms with van der Waals surface area (Å²) in [5.74, 6) is 1.61. The third-order valence-corrected chi connectivity index (χ3v) is 6.80. The van der Waals surface area contributed by atoms with E-state index in [-0.39, 0.29) is 16.5 Å². The van der Waals surface area contributed by atoms with Crippen molar-refractivity contribution in [2.24, 2.45) is 11.8 Å². The average molecular weight is 317 g/mol. The maximum atomic E-state index is 12.0. The van der Waals surface area contributed by atoms with Crippen molar-refractivity contribution in [3.63, 3.8) is 0 Å². The second-order valence-corrected chi connectivity index (χ2v) is 8.62. The molecular weight excluding hydrogens is 294 g/mol. The van der Waals surface area contributed by atoms with Crippen molar-refractivity contribution in [2.45, 2.75) is 44.4 Å². The second kappa shape index (κ2) is 6.30. The lowest BCUT2D eigenvalue weighted by Gasteiger charge is -2.26. The van der Waals surface area contributed by atoms with Gasteiger partial charge in [-0.05, 0) is 36.2 Å². The van der Waals surface area contributed by atoms with E-state index >= 15 is 0 Å². The summed E-state index contributed by atoms with van der Waals surface area (Å²) in [7, 11) is -3.32. The van der Waals surface area contributed by atoms with Gasteiger partial charge in [-0.1, -0.05) is 26.7 Å². The van der Waals surface area contributed by atoms with Crippen molar-refractivity contribution in [3.8, 4) is 0 Å². The van der Waals surface area contributed by atoms with Crippen molar-refractivity contribution < 1.29 is 8.42 Å².